The average Bonchev–Trinajstić information content (AvgIpc) is 2.48. The Morgan fingerprint density at radius 1 is 0.947 bits per heavy atom. The van der Waals surface area contributed by atoms with Gasteiger partial charge in [0.05, 0.1) is 0 Å². The molecule has 0 unspecified atom stereocenters. The van der Waals surface area contributed by atoms with Gasteiger partial charge in [0.2, 0.25) is 5.88 Å². The Bertz CT molecular complexity index is 701. The van der Waals surface area contributed by atoms with Crippen molar-refractivity contribution in [3.63, 3.8) is 0 Å². The minimum Gasteiger partial charge on any atom is -0.449 e. The van der Waals surface area contributed by atoms with Crippen LogP contribution in [0.3, 0.4) is 0 Å². The van der Waals surface area contributed by atoms with Crippen LogP contribution >= 0.6 is 0 Å². The summed E-state index contributed by atoms with van der Waals surface area (Å²) in [6.45, 7) is 0. The summed E-state index contributed by atoms with van der Waals surface area (Å²) in [5.74, 6) is 1.33. The fourth-order valence-corrected chi connectivity index (χ4v) is 1.96. The number of hydrogen-bond acceptors (Lipinski definition) is 3. The van der Waals surface area contributed by atoms with Gasteiger partial charge in [0.1, 0.15) is 5.75 Å². The second-order valence-corrected chi connectivity index (χ2v) is 4.27. The monoisotopic (exact) mass is 249 g/mol. The Morgan fingerprint density at radius 3 is 2.58 bits per heavy atom. The van der Waals surface area contributed by atoms with Crippen molar-refractivity contribution in [3.8, 4) is 11.6 Å². The van der Waals surface area contributed by atoms with Gasteiger partial charge in [-0.25, -0.2) is 4.98 Å². The molecule has 1 heterocycles. The first-order valence-corrected chi connectivity index (χ1v) is 6.07. The van der Waals surface area contributed by atoms with Crippen LogP contribution in [-0.4, -0.2) is 17.5 Å². The standard InChI is InChI=1S/C15H12BNO2/c18-16-13-6-4-12-10-14(7-5-11(12)9-13)19-15-3-1-2-8-17-15/h1-10,16,18H. The van der Waals surface area contributed by atoms with Crippen molar-refractivity contribution in [1.29, 1.82) is 0 Å². The van der Waals surface area contributed by atoms with Crippen LogP contribution in [0.25, 0.3) is 10.8 Å². The molecule has 0 aliphatic carbocycles. The summed E-state index contributed by atoms with van der Waals surface area (Å²) in [5, 5.41) is 11.3. The molecule has 0 fully saturated rings. The third-order valence-electron chi connectivity index (χ3n) is 2.92. The fraction of sp³-hybridized carbons (Fsp3) is 0. The van der Waals surface area contributed by atoms with Crippen LogP contribution in [0.1, 0.15) is 0 Å². The summed E-state index contributed by atoms with van der Waals surface area (Å²) in [6, 6.07) is 17.3. The lowest BCUT2D eigenvalue weighted by Crippen LogP contribution is -2.12. The highest BCUT2D eigenvalue weighted by atomic mass is 16.5. The SMILES string of the molecule is OBc1ccc2cc(Oc3ccccn3)ccc2c1. The van der Waals surface area contributed by atoms with E-state index < -0.39 is 0 Å². The predicted octanol–water partition coefficient (Wildman–Crippen LogP) is 2.00. The van der Waals surface area contributed by atoms with E-state index in [0.717, 1.165) is 22.0 Å². The van der Waals surface area contributed by atoms with Crippen LogP contribution in [0.5, 0.6) is 11.6 Å². The van der Waals surface area contributed by atoms with E-state index in [1.807, 2.05) is 54.6 Å². The Balaban J connectivity index is 1.94. The Kier molecular flexibility index (Phi) is 3.17. The Labute approximate surface area is 111 Å². The first-order valence-electron chi connectivity index (χ1n) is 6.07. The molecule has 4 heteroatoms. The molecule has 3 nitrogen and oxygen atoms in total. The minimum atomic E-state index is 0.0577. The molecule has 3 rings (SSSR count). The molecular formula is C15H12BNO2. The highest BCUT2D eigenvalue weighted by molar-refractivity contribution is 6.46. The molecule has 0 saturated heterocycles. The molecule has 0 aliphatic rings. The van der Waals surface area contributed by atoms with Gasteiger partial charge in [0, 0.05) is 12.3 Å². The van der Waals surface area contributed by atoms with Crippen molar-refractivity contribution in [2.75, 3.05) is 0 Å². The zero-order valence-electron chi connectivity index (χ0n) is 10.3. The summed E-state index contributed by atoms with van der Waals surface area (Å²) in [4.78, 5) is 4.13. The van der Waals surface area contributed by atoms with E-state index in [1.165, 1.54) is 0 Å². The molecule has 0 aliphatic heterocycles. The van der Waals surface area contributed by atoms with Gasteiger partial charge in [-0.05, 0) is 29.0 Å². The first-order chi connectivity index (χ1) is 9.35. The molecule has 0 spiro atoms. The molecule has 1 N–H and O–H groups in total. The van der Waals surface area contributed by atoms with Gasteiger partial charge < -0.3 is 9.76 Å². The van der Waals surface area contributed by atoms with Gasteiger partial charge in [0.25, 0.3) is 0 Å². The number of aromatic nitrogens is 1. The number of rotatable bonds is 3. The smallest absolute Gasteiger partial charge is 0.304 e. The number of nitrogens with zero attached hydrogens (tertiary/aromatic N) is 1. The topological polar surface area (TPSA) is 42.4 Å². The van der Waals surface area contributed by atoms with E-state index in [4.69, 9.17) is 9.76 Å². The van der Waals surface area contributed by atoms with Crippen molar-refractivity contribution in [2.45, 2.75) is 0 Å². The van der Waals surface area contributed by atoms with Crippen LogP contribution in [0.4, 0.5) is 0 Å². The first kappa shape index (κ1) is 11.7. The highest BCUT2D eigenvalue weighted by Crippen LogP contribution is 2.23. The summed E-state index contributed by atoms with van der Waals surface area (Å²) in [5.41, 5.74) is 0.908. The maximum Gasteiger partial charge on any atom is 0.304 e. The molecule has 0 atom stereocenters. The summed E-state index contributed by atoms with van der Waals surface area (Å²) < 4.78 is 5.68. The normalized spacial score (nSPS) is 10.4. The van der Waals surface area contributed by atoms with Crippen molar-refractivity contribution in [1.82, 2.24) is 4.98 Å². The molecule has 3 aromatic rings. The molecule has 92 valence electrons. The van der Waals surface area contributed by atoms with Gasteiger partial charge in [-0.15, -0.1) is 0 Å². The summed E-state index contributed by atoms with van der Waals surface area (Å²) in [6.07, 6.45) is 1.70. The predicted molar refractivity (Wildman–Crippen MR) is 77.3 cm³/mol. The van der Waals surface area contributed by atoms with Crippen LogP contribution in [0, 0.1) is 0 Å². The maximum atomic E-state index is 9.11. The van der Waals surface area contributed by atoms with Crippen LogP contribution < -0.4 is 10.2 Å². The fourth-order valence-electron chi connectivity index (χ4n) is 1.96. The van der Waals surface area contributed by atoms with Gasteiger partial charge in [-0.3, -0.25) is 0 Å². The zero-order chi connectivity index (χ0) is 13.1. The lowest BCUT2D eigenvalue weighted by Gasteiger charge is -2.06. The summed E-state index contributed by atoms with van der Waals surface area (Å²) in [7, 11) is 0.0577. The van der Waals surface area contributed by atoms with Gasteiger partial charge in [0.15, 0.2) is 0 Å². The number of ether oxygens (including phenoxy) is 1. The number of pyridine rings is 1. The van der Waals surface area contributed by atoms with Crippen molar-refractivity contribution >= 4 is 23.7 Å². The Morgan fingerprint density at radius 2 is 1.79 bits per heavy atom. The molecular weight excluding hydrogens is 237 g/mol. The molecule has 0 radical (unpaired) electrons. The number of hydrogen-bond donors (Lipinski definition) is 1. The third kappa shape index (κ3) is 2.58. The number of fused-ring (bicyclic) bond motifs is 1. The lowest BCUT2D eigenvalue weighted by molar-refractivity contribution is 0.463. The van der Waals surface area contributed by atoms with E-state index in [2.05, 4.69) is 4.98 Å². The second kappa shape index (κ2) is 5.12. The molecule has 1 aromatic heterocycles. The average molecular weight is 249 g/mol. The van der Waals surface area contributed by atoms with Crippen LogP contribution in [0.2, 0.25) is 0 Å². The third-order valence-corrected chi connectivity index (χ3v) is 2.92. The van der Waals surface area contributed by atoms with Crippen molar-refractivity contribution < 1.29 is 9.76 Å². The van der Waals surface area contributed by atoms with Crippen molar-refractivity contribution in [2.24, 2.45) is 0 Å². The van der Waals surface area contributed by atoms with E-state index >= 15 is 0 Å². The van der Waals surface area contributed by atoms with Crippen molar-refractivity contribution in [3.05, 3.63) is 60.8 Å². The highest BCUT2D eigenvalue weighted by Gasteiger charge is 2.01. The van der Waals surface area contributed by atoms with E-state index in [9.17, 15) is 0 Å². The molecule has 2 aromatic carbocycles. The largest absolute Gasteiger partial charge is 0.449 e. The van der Waals surface area contributed by atoms with Crippen LogP contribution in [0.15, 0.2) is 60.8 Å². The molecule has 0 amide bonds. The van der Waals surface area contributed by atoms with Gasteiger partial charge in [-0.1, -0.05) is 35.8 Å². The van der Waals surface area contributed by atoms with Gasteiger partial charge in [-0.2, -0.15) is 0 Å². The maximum absolute atomic E-state index is 9.11. The molecule has 0 bridgehead atoms. The zero-order valence-corrected chi connectivity index (χ0v) is 10.3. The van der Waals surface area contributed by atoms with Gasteiger partial charge >= 0.3 is 7.48 Å². The number of benzene rings is 2. The van der Waals surface area contributed by atoms with E-state index in [0.29, 0.717) is 5.88 Å². The molecule has 0 saturated carbocycles. The quantitative estimate of drug-likeness (QED) is 0.722. The van der Waals surface area contributed by atoms with Crippen LogP contribution in [-0.2, 0) is 0 Å². The minimum absolute atomic E-state index is 0.0577. The molecule has 19 heavy (non-hydrogen) atoms. The Hall–Kier alpha value is -2.33. The second-order valence-electron chi connectivity index (χ2n) is 4.27. The van der Waals surface area contributed by atoms with E-state index in [-0.39, 0.29) is 7.48 Å². The summed E-state index contributed by atoms with van der Waals surface area (Å²) >= 11 is 0. The lowest BCUT2D eigenvalue weighted by atomic mass is 9.87. The van der Waals surface area contributed by atoms with E-state index in [1.54, 1.807) is 6.20 Å².